The summed E-state index contributed by atoms with van der Waals surface area (Å²) in [7, 11) is 0. The highest BCUT2D eigenvalue weighted by Gasteiger charge is 2.06. The number of benzene rings is 1. The average molecular weight is 241 g/mol. The molecule has 0 aliphatic carbocycles. The molecule has 2 aromatic rings. The zero-order chi connectivity index (χ0) is 13.0. The third-order valence-corrected chi connectivity index (χ3v) is 2.55. The van der Waals surface area contributed by atoms with Crippen molar-refractivity contribution in [3.63, 3.8) is 0 Å². The lowest BCUT2D eigenvalue weighted by Gasteiger charge is -2.05. The molecule has 1 aromatic heterocycles. The fourth-order valence-electron chi connectivity index (χ4n) is 1.70. The van der Waals surface area contributed by atoms with Crippen molar-refractivity contribution in [3.8, 4) is 17.6 Å². The SMILES string of the molecule is CCCn1cc(Oc2ccc(C)cc2C#N)cn1. The molecule has 0 atom stereocenters. The third kappa shape index (κ3) is 2.69. The molecule has 0 aliphatic heterocycles. The van der Waals surface area contributed by atoms with Crippen molar-refractivity contribution in [2.45, 2.75) is 26.8 Å². The number of rotatable bonds is 4. The van der Waals surface area contributed by atoms with E-state index in [1.54, 1.807) is 6.20 Å². The Morgan fingerprint density at radius 1 is 1.44 bits per heavy atom. The van der Waals surface area contributed by atoms with Crippen molar-refractivity contribution in [2.75, 3.05) is 0 Å². The van der Waals surface area contributed by atoms with E-state index < -0.39 is 0 Å². The lowest BCUT2D eigenvalue weighted by molar-refractivity contribution is 0.479. The molecular weight excluding hydrogens is 226 g/mol. The average Bonchev–Trinajstić information content (AvgIpc) is 2.79. The molecule has 0 spiro atoms. The van der Waals surface area contributed by atoms with Gasteiger partial charge in [-0.25, -0.2) is 0 Å². The number of ether oxygens (including phenoxy) is 1. The minimum absolute atomic E-state index is 0.540. The van der Waals surface area contributed by atoms with Crippen LogP contribution in [0.1, 0.15) is 24.5 Å². The van der Waals surface area contributed by atoms with Crippen LogP contribution >= 0.6 is 0 Å². The maximum atomic E-state index is 9.06. The molecule has 18 heavy (non-hydrogen) atoms. The lowest BCUT2D eigenvalue weighted by Crippen LogP contribution is -1.95. The van der Waals surface area contributed by atoms with E-state index in [1.807, 2.05) is 36.0 Å². The van der Waals surface area contributed by atoms with Gasteiger partial charge >= 0.3 is 0 Å². The van der Waals surface area contributed by atoms with Crippen LogP contribution in [0.4, 0.5) is 0 Å². The second kappa shape index (κ2) is 5.37. The number of nitrogens with zero attached hydrogens (tertiary/aromatic N) is 3. The lowest BCUT2D eigenvalue weighted by atomic mass is 10.1. The first-order chi connectivity index (χ1) is 8.72. The van der Waals surface area contributed by atoms with Crippen molar-refractivity contribution in [3.05, 3.63) is 41.7 Å². The molecule has 0 aliphatic rings. The summed E-state index contributed by atoms with van der Waals surface area (Å²) in [5.41, 5.74) is 1.58. The fraction of sp³-hybridized carbons (Fsp3) is 0.286. The van der Waals surface area contributed by atoms with Crippen LogP contribution in [0.5, 0.6) is 11.5 Å². The van der Waals surface area contributed by atoms with E-state index in [2.05, 4.69) is 18.1 Å². The van der Waals surface area contributed by atoms with E-state index in [4.69, 9.17) is 10.00 Å². The van der Waals surface area contributed by atoms with Gasteiger partial charge in [0.1, 0.15) is 11.8 Å². The highest BCUT2D eigenvalue weighted by atomic mass is 16.5. The van der Waals surface area contributed by atoms with Crippen LogP contribution in [0.25, 0.3) is 0 Å². The Hall–Kier alpha value is -2.28. The van der Waals surface area contributed by atoms with Gasteiger partial charge in [0.25, 0.3) is 0 Å². The molecular formula is C14H15N3O. The molecule has 0 radical (unpaired) electrons. The molecule has 4 nitrogen and oxygen atoms in total. The Labute approximate surface area is 106 Å². The zero-order valence-corrected chi connectivity index (χ0v) is 10.6. The molecule has 4 heteroatoms. The summed E-state index contributed by atoms with van der Waals surface area (Å²) in [6, 6.07) is 7.68. The van der Waals surface area contributed by atoms with Crippen LogP contribution in [0.3, 0.4) is 0 Å². The maximum Gasteiger partial charge on any atom is 0.165 e. The topological polar surface area (TPSA) is 50.8 Å². The van der Waals surface area contributed by atoms with Crippen LogP contribution in [-0.2, 0) is 6.54 Å². The quantitative estimate of drug-likeness (QED) is 0.825. The minimum atomic E-state index is 0.540. The van der Waals surface area contributed by atoms with E-state index in [0.29, 0.717) is 17.1 Å². The summed E-state index contributed by atoms with van der Waals surface area (Å²) < 4.78 is 7.51. The maximum absolute atomic E-state index is 9.06. The first-order valence-corrected chi connectivity index (χ1v) is 5.94. The predicted molar refractivity (Wildman–Crippen MR) is 68.5 cm³/mol. The molecule has 0 amide bonds. The van der Waals surface area contributed by atoms with Gasteiger partial charge in [0, 0.05) is 6.54 Å². The fourth-order valence-corrected chi connectivity index (χ4v) is 1.70. The molecule has 1 aromatic carbocycles. The van der Waals surface area contributed by atoms with E-state index in [-0.39, 0.29) is 0 Å². The number of aryl methyl sites for hydroxylation is 2. The smallest absolute Gasteiger partial charge is 0.165 e. The summed E-state index contributed by atoms with van der Waals surface area (Å²) >= 11 is 0. The normalized spacial score (nSPS) is 10.1. The van der Waals surface area contributed by atoms with Gasteiger partial charge in [-0.3, -0.25) is 4.68 Å². The van der Waals surface area contributed by atoms with E-state index >= 15 is 0 Å². The Morgan fingerprint density at radius 2 is 2.28 bits per heavy atom. The Balaban J connectivity index is 2.20. The number of hydrogen-bond donors (Lipinski definition) is 0. The van der Waals surface area contributed by atoms with Crippen molar-refractivity contribution in [1.29, 1.82) is 5.26 Å². The summed E-state index contributed by atoms with van der Waals surface area (Å²) in [6.07, 6.45) is 4.52. The van der Waals surface area contributed by atoms with Crippen LogP contribution in [0, 0.1) is 18.3 Å². The Bertz CT molecular complexity index is 581. The third-order valence-electron chi connectivity index (χ3n) is 2.55. The standard InChI is InChI=1S/C14H15N3O/c1-3-6-17-10-13(9-16-17)18-14-5-4-11(2)7-12(14)8-15/h4-5,7,9-10H,3,6H2,1-2H3. The van der Waals surface area contributed by atoms with E-state index in [1.165, 1.54) is 0 Å². The van der Waals surface area contributed by atoms with E-state index in [9.17, 15) is 0 Å². The molecule has 0 saturated carbocycles. The molecule has 0 unspecified atom stereocenters. The zero-order valence-electron chi connectivity index (χ0n) is 10.6. The predicted octanol–water partition coefficient (Wildman–Crippen LogP) is 3.27. The van der Waals surface area contributed by atoms with Gasteiger partial charge in [-0.2, -0.15) is 10.4 Å². The molecule has 0 saturated heterocycles. The van der Waals surface area contributed by atoms with Gasteiger partial charge < -0.3 is 4.74 Å². The molecule has 0 N–H and O–H groups in total. The van der Waals surface area contributed by atoms with Gasteiger partial charge in [0.2, 0.25) is 0 Å². The number of aromatic nitrogens is 2. The van der Waals surface area contributed by atoms with Crippen LogP contribution in [-0.4, -0.2) is 9.78 Å². The molecule has 0 fully saturated rings. The molecule has 2 rings (SSSR count). The summed E-state index contributed by atoms with van der Waals surface area (Å²) in [5, 5.41) is 13.2. The van der Waals surface area contributed by atoms with Gasteiger partial charge in [-0.1, -0.05) is 13.0 Å². The highest BCUT2D eigenvalue weighted by Crippen LogP contribution is 2.25. The molecule has 0 bridgehead atoms. The van der Waals surface area contributed by atoms with Crippen molar-refractivity contribution >= 4 is 0 Å². The van der Waals surface area contributed by atoms with Crippen molar-refractivity contribution in [1.82, 2.24) is 9.78 Å². The van der Waals surface area contributed by atoms with Crippen molar-refractivity contribution < 1.29 is 4.74 Å². The summed E-state index contributed by atoms with van der Waals surface area (Å²) in [6.45, 7) is 4.90. The first-order valence-electron chi connectivity index (χ1n) is 5.94. The molecule has 92 valence electrons. The highest BCUT2D eigenvalue weighted by molar-refractivity contribution is 5.46. The monoisotopic (exact) mass is 241 g/mol. The van der Waals surface area contributed by atoms with Crippen LogP contribution in [0.15, 0.2) is 30.6 Å². The van der Waals surface area contributed by atoms with Gasteiger partial charge in [0.05, 0.1) is 18.0 Å². The van der Waals surface area contributed by atoms with Gasteiger partial charge in [0.15, 0.2) is 5.75 Å². The van der Waals surface area contributed by atoms with Crippen LogP contribution < -0.4 is 4.74 Å². The second-order valence-corrected chi connectivity index (χ2v) is 4.15. The largest absolute Gasteiger partial charge is 0.453 e. The number of hydrogen-bond acceptors (Lipinski definition) is 3. The van der Waals surface area contributed by atoms with Crippen molar-refractivity contribution in [2.24, 2.45) is 0 Å². The van der Waals surface area contributed by atoms with Gasteiger partial charge in [-0.05, 0) is 31.0 Å². The Morgan fingerprint density at radius 3 is 3.00 bits per heavy atom. The summed E-state index contributed by atoms with van der Waals surface area (Å²) in [5.74, 6) is 1.22. The second-order valence-electron chi connectivity index (χ2n) is 4.15. The summed E-state index contributed by atoms with van der Waals surface area (Å²) in [4.78, 5) is 0. The molecule has 1 heterocycles. The van der Waals surface area contributed by atoms with E-state index in [0.717, 1.165) is 18.5 Å². The minimum Gasteiger partial charge on any atom is -0.453 e. The van der Waals surface area contributed by atoms with Gasteiger partial charge in [-0.15, -0.1) is 0 Å². The number of nitriles is 1. The first kappa shape index (κ1) is 12.2. The van der Waals surface area contributed by atoms with Crippen LogP contribution in [0.2, 0.25) is 0 Å². The Kier molecular flexibility index (Phi) is 3.63.